The van der Waals surface area contributed by atoms with Crippen molar-refractivity contribution in [1.82, 2.24) is 10.2 Å². The third-order valence-corrected chi connectivity index (χ3v) is 6.52. The van der Waals surface area contributed by atoms with Crippen LogP contribution in [0.3, 0.4) is 0 Å². The Morgan fingerprint density at radius 3 is 2.34 bits per heavy atom. The molecule has 1 heterocycles. The summed E-state index contributed by atoms with van der Waals surface area (Å²) in [4.78, 5) is 16.0. The lowest BCUT2D eigenvalue weighted by molar-refractivity contribution is -0.137. The molecule has 1 saturated heterocycles. The van der Waals surface area contributed by atoms with E-state index in [0.717, 1.165) is 36.0 Å². The van der Waals surface area contributed by atoms with E-state index in [-0.39, 0.29) is 21.6 Å². The van der Waals surface area contributed by atoms with Crippen LogP contribution < -0.4 is 10.1 Å². The van der Waals surface area contributed by atoms with E-state index in [9.17, 15) is 18.0 Å². The van der Waals surface area contributed by atoms with Crippen LogP contribution in [0.4, 0.5) is 13.2 Å². The molecule has 1 aliphatic heterocycles. The fraction of sp³-hybridized carbons (Fsp3) is 0.458. The number of halogens is 3. The molecule has 1 amide bonds. The maximum Gasteiger partial charge on any atom is 0.416 e. The van der Waals surface area contributed by atoms with Crippen molar-refractivity contribution >= 4 is 17.7 Å². The first-order chi connectivity index (χ1) is 14.9. The Labute approximate surface area is 191 Å². The number of carbonyl (C=O) groups excluding carboxylic acids is 1. The molecule has 1 N–H and O–H groups in total. The lowest BCUT2D eigenvalue weighted by atomic mass is 9.71. The average Bonchev–Trinajstić information content (AvgIpc) is 2.71. The molecule has 1 aliphatic rings. The molecular formula is C24H29F3N2O2S. The zero-order chi connectivity index (χ0) is 23.7. The smallest absolute Gasteiger partial charge is 0.416 e. The van der Waals surface area contributed by atoms with Crippen molar-refractivity contribution in [2.24, 2.45) is 5.41 Å². The Balaban J connectivity index is 2.10. The predicted octanol–water partition coefficient (Wildman–Crippen LogP) is 5.42. The van der Waals surface area contributed by atoms with E-state index < -0.39 is 23.2 Å². The number of likely N-dealkylation sites (tertiary alicyclic amines) is 1. The van der Waals surface area contributed by atoms with Crippen LogP contribution in [0.1, 0.15) is 41.8 Å². The molecule has 0 aromatic heterocycles. The molecule has 32 heavy (non-hydrogen) atoms. The number of benzene rings is 2. The predicted molar refractivity (Wildman–Crippen MR) is 121 cm³/mol. The van der Waals surface area contributed by atoms with Gasteiger partial charge in [-0.2, -0.15) is 13.2 Å². The van der Waals surface area contributed by atoms with Gasteiger partial charge in [0, 0.05) is 18.0 Å². The molecule has 2 aromatic rings. The van der Waals surface area contributed by atoms with Gasteiger partial charge in [0.05, 0.1) is 23.8 Å². The van der Waals surface area contributed by atoms with Crippen molar-refractivity contribution in [3.8, 4) is 5.75 Å². The minimum absolute atomic E-state index is 0.0807. The lowest BCUT2D eigenvalue weighted by Gasteiger charge is -2.49. The second kappa shape index (κ2) is 8.98. The van der Waals surface area contributed by atoms with Crippen LogP contribution >= 0.6 is 11.8 Å². The molecule has 1 fully saturated rings. The zero-order valence-corrected chi connectivity index (χ0v) is 19.8. The number of nitrogens with one attached hydrogen (secondary N) is 1. The van der Waals surface area contributed by atoms with E-state index in [1.54, 1.807) is 6.26 Å². The first kappa shape index (κ1) is 24.5. The third-order valence-electron chi connectivity index (χ3n) is 5.76. The van der Waals surface area contributed by atoms with Gasteiger partial charge in [-0.05, 0) is 42.8 Å². The SMILES string of the molecule is COc1cc(C(F)(F)F)cc(SC)c1C(=O)N[C@@]1(c2ccccc2)CN(C)CC(C)(C)C1. The van der Waals surface area contributed by atoms with E-state index in [0.29, 0.717) is 13.0 Å². The summed E-state index contributed by atoms with van der Waals surface area (Å²) in [5, 5.41) is 3.20. The number of hydrogen-bond acceptors (Lipinski definition) is 4. The summed E-state index contributed by atoms with van der Waals surface area (Å²) in [5.74, 6) is -0.539. The highest BCUT2D eigenvalue weighted by molar-refractivity contribution is 7.98. The first-order valence-corrected chi connectivity index (χ1v) is 11.5. The van der Waals surface area contributed by atoms with E-state index in [2.05, 4.69) is 24.1 Å². The van der Waals surface area contributed by atoms with Gasteiger partial charge in [0.15, 0.2) is 0 Å². The number of ether oxygens (including phenoxy) is 1. The van der Waals surface area contributed by atoms with Gasteiger partial charge >= 0.3 is 6.18 Å². The molecule has 0 saturated carbocycles. The summed E-state index contributed by atoms with van der Waals surface area (Å²) in [7, 11) is 3.29. The van der Waals surface area contributed by atoms with Gasteiger partial charge in [0.1, 0.15) is 5.75 Å². The van der Waals surface area contributed by atoms with E-state index >= 15 is 0 Å². The number of piperidine rings is 1. The molecule has 174 valence electrons. The molecule has 1 atom stereocenters. The summed E-state index contributed by atoms with van der Waals surface area (Å²) in [6, 6.07) is 11.6. The molecule has 2 aromatic carbocycles. The van der Waals surface area contributed by atoms with Crippen LogP contribution in [0.25, 0.3) is 0 Å². The van der Waals surface area contributed by atoms with Gasteiger partial charge < -0.3 is 15.0 Å². The molecular weight excluding hydrogens is 437 g/mol. The highest BCUT2D eigenvalue weighted by Gasteiger charge is 2.45. The van der Waals surface area contributed by atoms with Crippen LogP contribution in [0.15, 0.2) is 47.4 Å². The van der Waals surface area contributed by atoms with E-state index in [1.807, 2.05) is 37.4 Å². The summed E-state index contributed by atoms with van der Waals surface area (Å²) >= 11 is 1.09. The van der Waals surface area contributed by atoms with Crippen LogP contribution in [0.5, 0.6) is 5.75 Å². The van der Waals surface area contributed by atoms with Crippen molar-refractivity contribution in [3.63, 3.8) is 0 Å². The third kappa shape index (κ3) is 5.07. The van der Waals surface area contributed by atoms with Gasteiger partial charge in [-0.25, -0.2) is 0 Å². The Kier molecular flexibility index (Phi) is 6.86. The number of rotatable bonds is 5. The number of carbonyl (C=O) groups is 1. The van der Waals surface area contributed by atoms with Gasteiger partial charge in [-0.1, -0.05) is 44.2 Å². The van der Waals surface area contributed by atoms with Crippen molar-refractivity contribution < 1.29 is 22.7 Å². The van der Waals surface area contributed by atoms with Crippen molar-refractivity contribution in [1.29, 1.82) is 0 Å². The fourth-order valence-corrected chi connectivity index (χ4v) is 5.50. The molecule has 0 radical (unpaired) electrons. The topological polar surface area (TPSA) is 41.6 Å². The number of thioether (sulfide) groups is 1. The van der Waals surface area contributed by atoms with Crippen LogP contribution in [0, 0.1) is 5.41 Å². The fourth-order valence-electron chi connectivity index (χ4n) is 4.86. The second-order valence-corrected chi connectivity index (χ2v) is 10.0. The summed E-state index contributed by atoms with van der Waals surface area (Å²) in [6.07, 6.45) is -2.19. The van der Waals surface area contributed by atoms with Crippen LogP contribution in [-0.2, 0) is 11.7 Å². The first-order valence-electron chi connectivity index (χ1n) is 10.3. The maximum atomic E-state index is 13.6. The Bertz CT molecular complexity index is 954. The summed E-state index contributed by atoms with van der Waals surface area (Å²) < 4.78 is 45.3. The average molecular weight is 467 g/mol. The highest BCUT2D eigenvalue weighted by Crippen LogP contribution is 2.42. The Morgan fingerprint density at radius 2 is 1.81 bits per heavy atom. The Morgan fingerprint density at radius 1 is 1.16 bits per heavy atom. The number of likely N-dealkylation sites (N-methyl/N-ethyl adjacent to an activating group) is 1. The van der Waals surface area contributed by atoms with Crippen molar-refractivity contribution in [3.05, 3.63) is 59.2 Å². The van der Waals surface area contributed by atoms with Gasteiger partial charge in [-0.15, -0.1) is 11.8 Å². The quantitative estimate of drug-likeness (QED) is 0.598. The standard InChI is InChI=1S/C24H29F3N2O2S/c1-22(2)13-23(15-29(3)14-22,16-9-7-6-8-10-16)28-21(30)20-18(31-4)11-17(24(25,26)27)12-19(20)32-5/h6-12H,13-15H2,1-5H3,(H,28,30)/t23-/m1/s1. The maximum absolute atomic E-state index is 13.6. The number of methoxy groups -OCH3 is 1. The van der Waals surface area contributed by atoms with Gasteiger partial charge in [-0.3, -0.25) is 4.79 Å². The Hall–Kier alpha value is -2.19. The minimum Gasteiger partial charge on any atom is -0.496 e. The molecule has 3 rings (SSSR count). The molecule has 0 spiro atoms. The van der Waals surface area contributed by atoms with Crippen molar-refractivity contribution in [2.45, 2.75) is 36.9 Å². The zero-order valence-electron chi connectivity index (χ0n) is 19.0. The monoisotopic (exact) mass is 466 g/mol. The second-order valence-electron chi connectivity index (χ2n) is 9.17. The van der Waals surface area contributed by atoms with Crippen molar-refractivity contribution in [2.75, 3.05) is 33.5 Å². The normalized spacial score (nSPS) is 21.2. The minimum atomic E-state index is -4.53. The molecule has 4 nitrogen and oxygen atoms in total. The van der Waals surface area contributed by atoms with Crippen LogP contribution in [0.2, 0.25) is 0 Å². The number of amides is 1. The lowest BCUT2D eigenvalue weighted by Crippen LogP contribution is -2.60. The summed E-state index contributed by atoms with van der Waals surface area (Å²) in [6.45, 7) is 5.76. The molecule has 0 bridgehead atoms. The van der Waals surface area contributed by atoms with E-state index in [1.165, 1.54) is 7.11 Å². The number of hydrogen-bond donors (Lipinski definition) is 1. The van der Waals surface area contributed by atoms with Gasteiger partial charge in [0.25, 0.3) is 5.91 Å². The largest absolute Gasteiger partial charge is 0.496 e. The number of nitrogens with zero attached hydrogens (tertiary/aromatic N) is 1. The summed E-state index contributed by atoms with van der Waals surface area (Å²) in [5.41, 5.74) is -0.536. The number of alkyl halides is 3. The van der Waals surface area contributed by atoms with Crippen LogP contribution in [-0.4, -0.2) is 44.3 Å². The molecule has 8 heteroatoms. The molecule has 0 aliphatic carbocycles. The molecule has 0 unspecified atom stereocenters. The van der Waals surface area contributed by atoms with Gasteiger partial charge in [0.2, 0.25) is 0 Å². The highest BCUT2D eigenvalue weighted by atomic mass is 32.2. The van der Waals surface area contributed by atoms with E-state index in [4.69, 9.17) is 4.74 Å².